The van der Waals surface area contributed by atoms with Gasteiger partial charge < -0.3 is 0 Å². The van der Waals surface area contributed by atoms with Crippen LogP contribution in [0, 0.1) is 5.82 Å². The third-order valence-corrected chi connectivity index (χ3v) is 6.32. The average Bonchev–Trinajstić information content (AvgIpc) is 2.86. The minimum absolute atomic E-state index is 0.105. The maximum absolute atomic E-state index is 14.6. The molecule has 0 aromatic heterocycles. The standard InChI is InChI=1S/C31H29F3/c1-2-3-4-5-6-7-22-8-10-23(11-9-22)24-12-14-25(15-13-24)26-18-19-29-27(20-26)16-17-28(31(29)34)21-30(32)33/h8-21H,2-7H2,1H3. The molecule has 4 rings (SSSR count). The fraction of sp³-hybridized carbons (Fsp3) is 0.226. The van der Waals surface area contributed by atoms with E-state index in [0.717, 1.165) is 23.1 Å². The minimum Gasteiger partial charge on any atom is -0.206 e. The number of unbranched alkanes of at least 4 members (excludes halogenated alkanes) is 4. The third-order valence-electron chi connectivity index (χ3n) is 6.32. The molecule has 0 saturated carbocycles. The van der Waals surface area contributed by atoms with Crippen LogP contribution in [0.2, 0.25) is 0 Å². The average molecular weight is 459 g/mol. The van der Waals surface area contributed by atoms with Crippen molar-refractivity contribution >= 4 is 16.8 Å². The van der Waals surface area contributed by atoms with Gasteiger partial charge in [-0.2, -0.15) is 8.78 Å². The normalized spacial score (nSPS) is 11.1. The van der Waals surface area contributed by atoms with Gasteiger partial charge in [0.2, 0.25) is 0 Å². The molecule has 174 valence electrons. The molecule has 4 aromatic rings. The van der Waals surface area contributed by atoms with E-state index in [1.54, 1.807) is 12.1 Å². The Morgan fingerprint density at radius 3 is 1.91 bits per heavy atom. The van der Waals surface area contributed by atoms with E-state index >= 15 is 0 Å². The molecule has 0 amide bonds. The van der Waals surface area contributed by atoms with Crippen LogP contribution in [-0.2, 0) is 6.42 Å². The van der Waals surface area contributed by atoms with Crippen LogP contribution >= 0.6 is 0 Å². The smallest absolute Gasteiger partial charge is 0.206 e. The Kier molecular flexibility index (Phi) is 7.84. The fourth-order valence-corrected chi connectivity index (χ4v) is 4.37. The van der Waals surface area contributed by atoms with E-state index in [1.807, 2.05) is 12.1 Å². The van der Waals surface area contributed by atoms with Crippen LogP contribution < -0.4 is 0 Å². The van der Waals surface area contributed by atoms with E-state index in [4.69, 9.17) is 0 Å². The van der Waals surface area contributed by atoms with Crippen molar-refractivity contribution in [2.24, 2.45) is 0 Å². The van der Waals surface area contributed by atoms with Gasteiger partial charge in [-0.1, -0.05) is 105 Å². The Hall–Kier alpha value is -3.33. The highest BCUT2D eigenvalue weighted by molar-refractivity contribution is 5.89. The van der Waals surface area contributed by atoms with Crippen molar-refractivity contribution < 1.29 is 13.2 Å². The first-order chi connectivity index (χ1) is 16.5. The van der Waals surface area contributed by atoms with Gasteiger partial charge in [0.15, 0.2) is 0 Å². The van der Waals surface area contributed by atoms with Crippen molar-refractivity contribution in [3.05, 3.63) is 102 Å². The predicted octanol–water partition coefficient (Wildman–Crippen LogP) is 10.1. The number of hydrogen-bond donors (Lipinski definition) is 0. The van der Waals surface area contributed by atoms with Crippen molar-refractivity contribution in [3.63, 3.8) is 0 Å². The lowest BCUT2D eigenvalue weighted by Crippen LogP contribution is -1.88. The van der Waals surface area contributed by atoms with Gasteiger partial charge in [-0.3, -0.25) is 0 Å². The van der Waals surface area contributed by atoms with Crippen LogP contribution in [0.1, 0.15) is 50.2 Å². The molecule has 0 heterocycles. The van der Waals surface area contributed by atoms with Gasteiger partial charge in [-0.25, -0.2) is 4.39 Å². The molecule has 34 heavy (non-hydrogen) atoms. The van der Waals surface area contributed by atoms with Gasteiger partial charge in [-0.05, 0) is 52.1 Å². The first-order valence-electron chi connectivity index (χ1n) is 12.0. The molecule has 0 unspecified atom stereocenters. The number of rotatable bonds is 9. The molecule has 0 fully saturated rings. The molecule has 3 heteroatoms. The van der Waals surface area contributed by atoms with Crippen LogP contribution in [0.5, 0.6) is 0 Å². The molecule has 0 aliphatic carbocycles. The van der Waals surface area contributed by atoms with Gasteiger partial charge in [0.1, 0.15) is 5.82 Å². The molecule has 0 saturated heterocycles. The number of halogens is 3. The number of fused-ring (bicyclic) bond motifs is 1. The van der Waals surface area contributed by atoms with Crippen molar-refractivity contribution in [1.29, 1.82) is 0 Å². The highest BCUT2D eigenvalue weighted by Crippen LogP contribution is 2.30. The van der Waals surface area contributed by atoms with Gasteiger partial charge in [0, 0.05) is 17.0 Å². The fourth-order valence-electron chi connectivity index (χ4n) is 4.37. The molecule has 0 bridgehead atoms. The van der Waals surface area contributed by atoms with Crippen molar-refractivity contribution in [2.45, 2.75) is 45.4 Å². The topological polar surface area (TPSA) is 0 Å². The molecule has 0 N–H and O–H groups in total. The first-order valence-corrected chi connectivity index (χ1v) is 12.0. The molecule has 0 nitrogen and oxygen atoms in total. The van der Waals surface area contributed by atoms with E-state index < -0.39 is 11.9 Å². The molecule has 0 aliphatic heterocycles. The summed E-state index contributed by atoms with van der Waals surface area (Å²) < 4.78 is 39.7. The third kappa shape index (κ3) is 5.77. The second-order valence-electron chi connectivity index (χ2n) is 8.78. The summed E-state index contributed by atoms with van der Waals surface area (Å²) in [6.45, 7) is 2.24. The largest absolute Gasteiger partial charge is 0.271 e. The molecular weight excluding hydrogens is 429 g/mol. The molecule has 0 atom stereocenters. The van der Waals surface area contributed by atoms with Crippen molar-refractivity contribution in [3.8, 4) is 22.3 Å². The second-order valence-corrected chi connectivity index (χ2v) is 8.78. The summed E-state index contributed by atoms with van der Waals surface area (Å²) in [6, 6.07) is 25.6. The summed E-state index contributed by atoms with van der Waals surface area (Å²) in [5, 5.41) is 1.02. The van der Waals surface area contributed by atoms with Crippen LogP contribution in [0.15, 0.2) is 84.9 Å². The highest BCUT2D eigenvalue weighted by atomic mass is 19.3. The van der Waals surface area contributed by atoms with Gasteiger partial charge in [0.25, 0.3) is 6.08 Å². The zero-order chi connectivity index (χ0) is 23.9. The Labute approximate surface area is 199 Å². The summed E-state index contributed by atoms with van der Waals surface area (Å²) in [4.78, 5) is 0. The van der Waals surface area contributed by atoms with Crippen molar-refractivity contribution in [2.75, 3.05) is 0 Å². The van der Waals surface area contributed by atoms with Gasteiger partial charge in [0.05, 0.1) is 0 Å². The van der Waals surface area contributed by atoms with E-state index in [2.05, 4.69) is 55.5 Å². The molecule has 4 aromatic carbocycles. The van der Waals surface area contributed by atoms with Crippen LogP contribution in [0.4, 0.5) is 13.2 Å². The first kappa shape index (κ1) is 23.8. The molecular formula is C31H29F3. The Morgan fingerprint density at radius 2 is 1.26 bits per heavy atom. The number of hydrogen-bond acceptors (Lipinski definition) is 0. The summed E-state index contributed by atoms with van der Waals surface area (Å²) >= 11 is 0. The SMILES string of the molecule is CCCCCCCc1ccc(-c2ccc(-c3ccc4c(F)c(C=C(F)F)ccc4c3)cc2)cc1. The summed E-state index contributed by atoms with van der Waals surface area (Å²) in [5.74, 6) is -0.628. The second kappa shape index (κ2) is 11.2. The Balaban J connectivity index is 1.47. The summed E-state index contributed by atoms with van der Waals surface area (Å²) in [5.41, 5.74) is 5.59. The summed E-state index contributed by atoms with van der Waals surface area (Å²) in [7, 11) is 0. The number of benzene rings is 4. The van der Waals surface area contributed by atoms with E-state index in [1.165, 1.54) is 49.3 Å². The quantitative estimate of drug-likeness (QED) is 0.219. The molecule has 0 spiro atoms. The molecule has 0 aliphatic rings. The Bertz CT molecular complexity index is 1260. The van der Waals surface area contributed by atoms with Gasteiger partial charge >= 0.3 is 0 Å². The number of aryl methyl sites for hydroxylation is 1. The highest BCUT2D eigenvalue weighted by Gasteiger charge is 2.09. The lowest BCUT2D eigenvalue weighted by atomic mass is 9.96. The van der Waals surface area contributed by atoms with E-state index in [-0.39, 0.29) is 5.56 Å². The van der Waals surface area contributed by atoms with Crippen LogP contribution in [-0.4, -0.2) is 0 Å². The predicted molar refractivity (Wildman–Crippen MR) is 137 cm³/mol. The van der Waals surface area contributed by atoms with Gasteiger partial charge in [-0.15, -0.1) is 0 Å². The maximum Gasteiger partial charge on any atom is 0.271 e. The molecule has 0 radical (unpaired) electrons. The monoisotopic (exact) mass is 458 g/mol. The maximum atomic E-state index is 14.6. The summed E-state index contributed by atoms with van der Waals surface area (Å²) in [6.07, 6.45) is 6.24. The van der Waals surface area contributed by atoms with Crippen LogP contribution in [0.25, 0.3) is 39.1 Å². The van der Waals surface area contributed by atoms with E-state index in [9.17, 15) is 13.2 Å². The zero-order valence-corrected chi connectivity index (χ0v) is 19.5. The lowest BCUT2D eigenvalue weighted by molar-refractivity contribution is 0.429. The van der Waals surface area contributed by atoms with E-state index in [0.29, 0.717) is 16.8 Å². The van der Waals surface area contributed by atoms with Crippen molar-refractivity contribution in [1.82, 2.24) is 0 Å². The lowest BCUT2D eigenvalue weighted by Gasteiger charge is -2.09. The minimum atomic E-state index is -1.91. The zero-order valence-electron chi connectivity index (χ0n) is 19.5. The van der Waals surface area contributed by atoms with Crippen LogP contribution in [0.3, 0.4) is 0 Å². The Morgan fingerprint density at radius 1 is 0.676 bits per heavy atom.